The monoisotopic (exact) mass is 338 g/mol. The van der Waals surface area contributed by atoms with E-state index in [1.165, 1.54) is 24.4 Å². The van der Waals surface area contributed by atoms with Crippen LogP contribution in [-0.4, -0.2) is 16.0 Å². The van der Waals surface area contributed by atoms with Gasteiger partial charge in [-0.25, -0.2) is 4.39 Å². The van der Waals surface area contributed by atoms with E-state index in [9.17, 15) is 9.18 Å². The molecule has 1 aromatic carbocycles. The van der Waals surface area contributed by atoms with Gasteiger partial charge >= 0.3 is 0 Å². The van der Waals surface area contributed by atoms with Gasteiger partial charge in [0.2, 0.25) is 0 Å². The number of carbonyl (C=O) groups excluding carboxylic acids is 1. The Morgan fingerprint density at radius 1 is 1.35 bits per heavy atom. The van der Waals surface area contributed by atoms with Gasteiger partial charge in [0.25, 0.3) is 5.91 Å². The van der Waals surface area contributed by atoms with Crippen LogP contribution in [-0.2, 0) is 13.2 Å². The SMILES string of the molecule is O=C(NCc1cc(Br)ccc1F)c1ccnc(CO)c1. The molecular weight excluding hydrogens is 327 g/mol. The summed E-state index contributed by atoms with van der Waals surface area (Å²) in [6.45, 7) is -0.151. The number of aliphatic hydroxyl groups excluding tert-OH is 1. The van der Waals surface area contributed by atoms with Gasteiger partial charge in [0.05, 0.1) is 12.3 Å². The van der Waals surface area contributed by atoms with Gasteiger partial charge in [0, 0.05) is 28.3 Å². The largest absolute Gasteiger partial charge is 0.390 e. The fourth-order valence-electron chi connectivity index (χ4n) is 1.66. The Morgan fingerprint density at radius 2 is 2.15 bits per heavy atom. The van der Waals surface area contributed by atoms with Crippen LogP contribution >= 0.6 is 15.9 Å². The van der Waals surface area contributed by atoms with Gasteiger partial charge in [0.1, 0.15) is 5.82 Å². The van der Waals surface area contributed by atoms with Gasteiger partial charge < -0.3 is 10.4 Å². The maximum atomic E-state index is 13.5. The summed E-state index contributed by atoms with van der Waals surface area (Å²) in [6, 6.07) is 7.57. The molecule has 20 heavy (non-hydrogen) atoms. The second-order valence-electron chi connectivity index (χ2n) is 4.11. The van der Waals surface area contributed by atoms with E-state index in [0.29, 0.717) is 16.8 Å². The summed E-state index contributed by atoms with van der Waals surface area (Å²) in [5.41, 5.74) is 1.18. The van der Waals surface area contributed by atoms with Crippen LogP contribution in [0.1, 0.15) is 21.6 Å². The highest BCUT2D eigenvalue weighted by molar-refractivity contribution is 9.10. The van der Waals surface area contributed by atoms with Crippen molar-refractivity contribution < 1.29 is 14.3 Å². The molecule has 0 fully saturated rings. The van der Waals surface area contributed by atoms with Crippen molar-refractivity contribution in [3.05, 3.63) is 63.6 Å². The summed E-state index contributed by atoms with van der Waals surface area (Å²) >= 11 is 3.25. The Morgan fingerprint density at radius 3 is 2.90 bits per heavy atom. The van der Waals surface area contributed by atoms with Crippen LogP contribution in [0.25, 0.3) is 0 Å². The quantitative estimate of drug-likeness (QED) is 0.899. The highest BCUT2D eigenvalue weighted by Crippen LogP contribution is 2.15. The summed E-state index contributed by atoms with van der Waals surface area (Å²) < 4.78 is 14.3. The lowest BCUT2D eigenvalue weighted by Gasteiger charge is -2.07. The van der Waals surface area contributed by atoms with Crippen LogP contribution in [0.3, 0.4) is 0 Å². The van der Waals surface area contributed by atoms with E-state index in [4.69, 9.17) is 5.11 Å². The molecule has 0 radical (unpaired) electrons. The van der Waals surface area contributed by atoms with Crippen LogP contribution in [0.2, 0.25) is 0 Å². The van der Waals surface area contributed by atoms with Crippen LogP contribution in [0.15, 0.2) is 41.0 Å². The number of pyridine rings is 1. The number of halogens is 2. The number of hydrogen-bond donors (Lipinski definition) is 2. The maximum Gasteiger partial charge on any atom is 0.251 e. The second-order valence-corrected chi connectivity index (χ2v) is 5.03. The second kappa shape index (κ2) is 6.58. The van der Waals surface area contributed by atoms with E-state index >= 15 is 0 Å². The smallest absolute Gasteiger partial charge is 0.251 e. The fraction of sp³-hybridized carbons (Fsp3) is 0.143. The molecule has 0 atom stereocenters. The van der Waals surface area contributed by atoms with E-state index in [0.717, 1.165) is 4.47 Å². The van der Waals surface area contributed by atoms with Crippen LogP contribution in [0.5, 0.6) is 0 Å². The number of aromatic nitrogens is 1. The molecule has 1 heterocycles. The van der Waals surface area contributed by atoms with Crippen molar-refractivity contribution in [1.29, 1.82) is 0 Å². The van der Waals surface area contributed by atoms with Crippen LogP contribution in [0.4, 0.5) is 4.39 Å². The first kappa shape index (κ1) is 14.6. The summed E-state index contributed by atoms with van der Waals surface area (Å²) in [5, 5.41) is 11.6. The number of amides is 1. The lowest BCUT2D eigenvalue weighted by atomic mass is 10.2. The third-order valence-electron chi connectivity index (χ3n) is 2.69. The molecule has 1 aromatic heterocycles. The van der Waals surface area contributed by atoms with Crippen LogP contribution < -0.4 is 5.32 Å². The Kier molecular flexibility index (Phi) is 4.81. The maximum absolute atomic E-state index is 13.5. The third kappa shape index (κ3) is 3.61. The molecule has 2 aromatic rings. The first-order valence-electron chi connectivity index (χ1n) is 5.88. The van der Waals surface area contributed by atoms with E-state index in [1.54, 1.807) is 12.1 Å². The molecule has 2 rings (SSSR count). The Hall–Kier alpha value is -1.79. The number of hydrogen-bond acceptors (Lipinski definition) is 3. The molecule has 2 N–H and O–H groups in total. The number of nitrogens with zero attached hydrogens (tertiary/aromatic N) is 1. The van der Waals surface area contributed by atoms with Gasteiger partial charge in [0.15, 0.2) is 0 Å². The van der Waals surface area contributed by atoms with Crippen molar-refractivity contribution >= 4 is 21.8 Å². The molecular formula is C14H12BrFN2O2. The molecule has 0 saturated heterocycles. The minimum absolute atomic E-state index is 0.0842. The van der Waals surface area contributed by atoms with E-state index < -0.39 is 0 Å². The summed E-state index contributed by atoms with van der Waals surface area (Å²) in [5.74, 6) is -0.722. The zero-order valence-electron chi connectivity index (χ0n) is 10.4. The molecule has 4 nitrogen and oxygen atoms in total. The zero-order valence-corrected chi connectivity index (χ0v) is 12.0. The molecule has 0 aliphatic rings. The van der Waals surface area contributed by atoms with Crippen molar-refractivity contribution in [2.24, 2.45) is 0 Å². The predicted octanol–water partition coefficient (Wildman–Crippen LogP) is 2.41. The molecule has 0 spiro atoms. The van der Waals surface area contributed by atoms with Crippen molar-refractivity contribution in [2.75, 3.05) is 0 Å². The molecule has 104 valence electrons. The van der Waals surface area contributed by atoms with Crippen molar-refractivity contribution in [2.45, 2.75) is 13.2 Å². The van der Waals surface area contributed by atoms with Crippen LogP contribution in [0, 0.1) is 5.82 Å². The average Bonchev–Trinajstić information content (AvgIpc) is 2.48. The Balaban J connectivity index is 2.06. The van der Waals surface area contributed by atoms with Gasteiger partial charge in [-0.2, -0.15) is 0 Å². The number of carbonyl (C=O) groups is 1. The number of rotatable bonds is 4. The molecule has 6 heteroatoms. The molecule has 0 aliphatic heterocycles. The van der Waals surface area contributed by atoms with Gasteiger partial charge in [-0.1, -0.05) is 15.9 Å². The fourth-order valence-corrected chi connectivity index (χ4v) is 2.07. The van der Waals surface area contributed by atoms with E-state index in [2.05, 4.69) is 26.2 Å². The van der Waals surface area contributed by atoms with E-state index in [1.807, 2.05) is 0 Å². The highest BCUT2D eigenvalue weighted by Gasteiger charge is 2.08. The standard InChI is InChI=1S/C14H12BrFN2O2/c15-11-1-2-13(16)10(5-11)7-18-14(20)9-3-4-17-12(6-9)8-19/h1-6,19H,7-8H2,(H,18,20). The van der Waals surface area contributed by atoms with E-state index in [-0.39, 0.29) is 24.9 Å². The normalized spacial score (nSPS) is 10.3. The lowest BCUT2D eigenvalue weighted by molar-refractivity contribution is 0.0950. The van der Waals surface area contributed by atoms with Crippen molar-refractivity contribution in [3.63, 3.8) is 0 Å². The Labute approximate surface area is 123 Å². The summed E-state index contributed by atoms with van der Waals surface area (Å²) in [7, 11) is 0. The minimum Gasteiger partial charge on any atom is -0.390 e. The van der Waals surface area contributed by atoms with Crippen molar-refractivity contribution in [1.82, 2.24) is 10.3 Å². The topological polar surface area (TPSA) is 62.2 Å². The van der Waals surface area contributed by atoms with Gasteiger partial charge in [-0.05, 0) is 30.3 Å². The summed E-state index contributed by atoms with van der Waals surface area (Å²) in [4.78, 5) is 15.8. The molecule has 1 amide bonds. The average molecular weight is 339 g/mol. The zero-order chi connectivity index (χ0) is 14.5. The first-order chi connectivity index (χ1) is 9.60. The number of aliphatic hydroxyl groups is 1. The Bertz CT molecular complexity index is 634. The third-order valence-corrected chi connectivity index (χ3v) is 3.18. The molecule has 0 aliphatic carbocycles. The number of nitrogens with one attached hydrogen (secondary N) is 1. The molecule has 0 bridgehead atoms. The van der Waals surface area contributed by atoms with Gasteiger partial charge in [-0.15, -0.1) is 0 Å². The minimum atomic E-state index is -0.376. The molecule has 0 saturated carbocycles. The first-order valence-corrected chi connectivity index (χ1v) is 6.67. The predicted molar refractivity (Wildman–Crippen MR) is 75.4 cm³/mol. The lowest BCUT2D eigenvalue weighted by Crippen LogP contribution is -2.23. The number of benzene rings is 1. The molecule has 0 unspecified atom stereocenters. The van der Waals surface area contributed by atoms with Gasteiger partial charge in [-0.3, -0.25) is 9.78 Å². The highest BCUT2D eigenvalue weighted by atomic mass is 79.9. The van der Waals surface area contributed by atoms with Crippen molar-refractivity contribution in [3.8, 4) is 0 Å². The summed E-state index contributed by atoms with van der Waals surface area (Å²) in [6.07, 6.45) is 1.44.